The van der Waals surface area contributed by atoms with Crippen molar-refractivity contribution in [3.63, 3.8) is 0 Å². The minimum Gasteiger partial charge on any atom is -0.457 e. The molecule has 0 spiro atoms. The molecule has 172 valence electrons. The predicted octanol–water partition coefficient (Wildman–Crippen LogP) is 6.74. The number of nitrogens with one attached hydrogen (secondary N) is 3. The lowest BCUT2D eigenvalue weighted by Gasteiger charge is -2.13. The average molecular weight is 510 g/mol. The molecule has 0 saturated carbocycles. The molecule has 0 saturated heterocycles. The van der Waals surface area contributed by atoms with Gasteiger partial charge in [-0.05, 0) is 85.0 Å². The van der Waals surface area contributed by atoms with Crippen LogP contribution in [0.15, 0.2) is 108 Å². The lowest BCUT2D eigenvalue weighted by atomic mass is 10.3. The fourth-order valence-corrected chi connectivity index (χ4v) is 4.54. The minimum absolute atomic E-state index is 0.103. The Morgan fingerprint density at radius 3 is 1.85 bits per heavy atom. The van der Waals surface area contributed by atoms with E-state index in [0.29, 0.717) is 27.3 Å². The van der Waals surface area contributed by atoms with E-state index in [0.717, 1.165) is 11.4 Å². The van der Waals surface area contributed by atoms with E-state index in [1.54, 1.807) is 36.4 Å². The van der Waals surface area contributed by atoms with Gasteiger partial charge in [-0.25, -0.2) is 8.42 Å². The normalized spacial score (nSPS) is 10.9. The van der Waals surface area contributed by atoms with Gasteiger partial charge in [0.1, 0.15) is 11.5 Å². The van der Waals surface area contributed by atoms with Crippen LogP contribution < -0.4 is 20.1 Å². The first kappa shape index (κ1) is 23.6. The SMILES string of the molecule is O=S(=O)(Nc1ccccc1Cl)c1ccc(NC(=S)Nc2ccc(Oc3ccccc3)cc2)cc1. The molecule has 0 bridgehead atoms. The largest absolute Gasteiger partial charge is 0.457 e. The van der Waals surface area contributed by atoms with E-state index in [4.69, 9.17) is 28.6 Å². The Bertz CT molecular complexity index is 1380. The van der Waals surface area contributed by atoms with Gasteiger partial charge >= 0.3 is 0 Å². The number of halogens is 1. The highest BCUT2D eigenvalue weighted by Gasteiger charge is 2.15. The summed E-state index contributed by atoms with van der Waals surface area (Å²) in [5.41, 5.74) is 1.73. The summed E-state index contributed by atoms with van der Waals surface area (Å²) in [5, 5.41) is 6.80. The lowest BCUT2D eigenvalue weighted by Crippen LogP contribution is -2.19. The molecule has 34 heavy (non-hydrogen) atoms. The van der Waals surface area contributed by atoms with Gasteiger partial charge in [0, 0.05) is 11.4 Å². The first-order valence-electron chi connectivity index (χ1n) is 10.2. The van der Waals surface area contributed by atoms with Crippen LogP contribution in [0.3, 0.4) is 0 Å². The number of benzene rings is 4. The summed E-state index contributed by atoms with van der Waals surface area (Å²) in [6.45, 7) is 0. The van der Waals surface area contributed by atoms with Crippen LogP contribution >= 0.6 is 23.8 Å². The number of rotatable bonds is 7. The number of para-hydroxylation sites is 2. The van der Waals surface area contributed by atoms with Crippen LogP contribution in [-0.2, 0) is 10.0 Å². The molecule has 3 N–H and O–H groups in total. The van der Waals surface area contributed by atoms with Gasteiger partial charge in [0.25, 0.3) is 10.0 Å². The first-order valence-corrected chi connectivity index (χ1v) is 12.4. The van der Waals surface area contributed by atoms with E-state index in [-0.39, 0.29) is 4.90 Å². The number of thiocarbonyl (C=S) groups is 1. The third-order valence-electron chi connectivity index (χ3n) is 4.63. The number of ether oxygens (including phenoxy) is 1. The second-order valence-electron chi connectivity index (χ2n) is 7.13. The molecule has 6 nitrogen and oxygen atoms in total. The van der Waals surface area contributed by atoms with Crippen molar-refractivity contribution in [2.75, 3.05) is 15.4 Å². The molecule has 0 heterocycles. The van der Waals surface area contributed by atoms with Crippen LogP contribution in [0.25, 0.3) is 0 Å². The van der Waals surface area contributed by atoms with Crippen LogP contribution in [0.1, 0.15) is 0 Å². The zero-order valence-corrected chi connectivity index (χ0v) is 20.1. The van der Waals surface area contributed by atoms with Gasteiger partial charge < -0.3 is 15.4 Å². The van der Waals surface area contributed by atoms with Crippen molar-refractivity contribution >= 4 is 56.0 Å². The Kier molecular flexibility index (Phi) is 7.32. The highest BCUT2D eigenvalue weighted by Crippen LogP contribution is 2.25. The lowest BCUT2D eigenvalue weighted by molar-refractivity contribution is 0.483. The summed E-state index contributed by atoms with van der Waals surface area (Å²) in [6.07, 6.45) is 0. The first-order chi connectivity index (χ1) is 16.4. The predicted molar refractivity (Wildman–Crippen MR) is 142 cm³/mol. The molecule has 4 aromatic carbocycles. The molecule has 0 unspecified atom stereocenters. The van der Waals surface area contributed by atoms with Gasteiger partial charge in [-0.3, -0.25) is 4.72 Å². The standard InChI is InChI=1S/C25H20ClN3O3S2/c26-23-8-4-5-9-24(23)29-34(30,31)22-16-12-19(13-17-22)28-25(33)27-18-10-14-21(15-11-18)32-20-6-2-1-3-7-20/h1-17,29H,(H2,27,28,33). The van der Waals surface area contributed by atoms with Crippen LogP contribution in [0.2, 0.25) is 5.02 Å². The zero-order chi connectivity index (χ0) is 24.0. The van der Waals surface area contributed by atoms with Crippen molar-refractivity contribution in [3.05, 3.63) is 108 Å². The maximum Gasteiger partial charge on any atom is 0.261 e. The molecule has 0 radical (unpaired) electrons. The fourth-order valence-electron chi connectivity index (χ4n) is 2.99. The van der Waals surface area contributed by atoms with Crippen LogP contribution in [0, 0.1) is 0 Å². The highest BCUT2D eigenvalue weighted by molar-refractivity contribution is 7.92. The quantitative estimate of drug-likeness (QED) is 0.239. The summed E-state index contributed by atoms with van der Waals surface area (Å²) in [7, 11) is -3.78. The third-order valence-corrected chi connectivity index (χ3v) is 6.55. The van der Waals surface area contributed by atoms with E-state index in [1.165, 1.54) is 12.1 Å². The molecule has 4 aromatic rings. The van der Waals surface area contributed by atoms with Crippen molar-refractivity contribution in [2.45, 2.75) is 4.90 Å². The van der Waals surface area contributed by atoms with E-state index < -0.39 is 10.0 Å². The van der Waals surface area contributed by atoms with E-state index >= 15 is 0 Å². The summed E-state index contributed by atoms with van der Waals surface area (Å²) >= 11 is 11.4. The van der Waals surface area contributed by atoms with Crippen LogP contribution in [0.4, 0.5) is 17.1 Å². The van der Waals surface area contributed by atoms with Gasteiger partial charge in [-0.1, -0.05) is 41.9 Å². The molecular formula is C25H20ClN3O3S2. The molecule has 0 aliphatic rings. The Morgan fingerprint density at radius 1 is 0.706 bits per heavy atom. The number of hydrogen-bond acceptors (Lipinski definition) is 4. The monoisotopic (exact) mass is 509 g/mol. The summed E-state index contributed by atoms with van der Waals surface area (Å²) in [6, 6.07) is 29.8. The van der Waals surface area contributed by atoms with Crippen molar-refractivity contribution in [3.8, 4) is 11.5 Å². The summed E-state index contributed by atoms with van der Waals surface area (Å²) in [5.74, 6) is 1.46. The van der Waals surface area contributed by atoms with Gasteiger partial charge in [0.2, 0.25) is 0 Å². The number of anilines is 3. The Labute approximate surface area is 208 Å². The average Bonchev–Trinajstić information content (AvgIpc) is 2.83. The molecule has 4 rings (SSSR count). The fraction of sp³-hybridized carbons (Fsp3) is 0. The molecule has 0 amide bonds. The third kappa shape index (κ3) is 6.26. The van der Waals surface area contributed by atoms with Crippen molar-refractivity contribution in [1.82, 2.24) is 0 Å². The van der Waals surface area contributed by atoms with Gasteiger partial charge in [-0.2, -0.15) is 0 Å². The molecular weight excluding hydrogens is 490 g/mol. The Morgan fingerprint density at radius 2 is 1.24 bits per heavy atom. The molecule has 0 atom stereocenters. The molecule has 0 fully saturated rings. The summed E-state index contributed by atoms with van der Waals surface area (Å²) in [4.78, 5) is 0.103. The number of sulfonamides is 1. The van der Waals surface area contributed by atoms with E-state index in [1.807, 2.05) is 54.6 Å². The second kappa shape index (κ2) is 10.6. The van der Waals surface area contributed by atoms with Crippen molar-refractivity contribution in [2.24, 2.45) is 0 Å². The van der Waals surface area contributed by atoms with Crippen LogP contribution in [-0.4, -0.2) is 13.5 Å². The highest BCUT2D eigenvalue weighted by atomic mass is 35.5. The smallest absolute Gasteiger partial charge is 0.261 e. The van der Waals surface area contributed by atoms with Gasteiger partial charge in [0.05, 0.1) is 15.6 Å². The van der Waals surface area contributed by atoms with Crippen LogP contribution in [0.5, 0.6) is 11.5 Å². The Balaban J connectivity index is 1.34. The number of hydrogen-bond donors (Lipinski definition) is 3. The minimum atomic E-state index is -3.78. The second-order valence-corrected chi connectivity index (χ2v) is 9.63. The van der Waals surface area contributed by atoms with Crippen molar-refractivity contribution < 1.29 is 13.2 Å². The zero-order valence-electron chi connectivity index (χ0n) is 17.7. The summed E-state index contributed by atoms with van der Waals surface area (Å²) < 4.78 is 33.5. The topological polar surface area (TPSA) is 79.5 Å². The molecule has 0 aliphatic heterocycles. The maximum absolute atomic E-state index is 12.6. The van der Waals surface area contributed by atoms with Crippen molar-refractivity contribution in [1.29, 1.82) is 0 Å². The van der Waals surface area contributed by atoms with Gasteiger partial charge in [0.15, 0.2) is 5.11 Å². The molecule has 9 heteroatoms. The Hall–Kier alpha value is -3.59. The van der Waals surface area contributed by atoms with E-state index in [9.17, 15) is 8.42 Å². The molecule has 0 aromatic heterocycles. The maximum atomic E-state index is 12.6. The van der Waals surface area contributed by atoms with Gasteiger partial charge in [-0.15, -0.1) is 0 Å². The molecule has 0 aliphatic carbocycles. The van der Waals surface area contributed by atoms with E-state index in [2.05, 4.69) is 15.4 Å².